The Labute approximate surface area is 96.5 Å². The van der Waals surface area contributed by atoms with E-state index in [1.54, 1.807) is 0 Å². The average molecular weight is 218 g/mol. The van der Waals surface area contributed by atoms with E-state index in [1.165, 1.54) is 12.8 Å². The third kappa shape index (κ3) is 2.35. The number of rotatable bonds is 4. The Balaban J connectivity index is 2.10. The lowest BCUT2D eigenvalue weighted by Gasteiger charge is -2.30. The molecule has 1 aliphatic rings. The highest BCUT2D eigenvalue weighted by molar-refractivity contribution is 6.01. The van der Waals surface area contributed by atoms with E-state index < -0.39 is 0 Å². The lowest BCUT2D eigenvalue weighted by molar-refractivity contribution is -0.115. The predicted octanol–water partition coefficient (Wildman–Crippen LogP) is 2.64. The van der Waals surface area contributed by atoms with Crippen molar-refractivity contribution in [1.82, 2.24) is 0 Å². The van der Waals surface area contributed by atoms with Crippen LogP contribution in [0.3, 0.4) is 0 Å². The number of carbonyl (C=O) groups is 1. The molecule has 0 saturated heterocycles. The number of benzene rings is 1. The molecule has 0 bridgehead atoms. The number of hydrogen-bond acceptors (Lipinski definition) is 2. The Morgan fingerprint density at radius 3 is 2.94 bits per heavy atom. The summed E-state index contributed by atoms with van der Waals surface area (Å²) in [4.78, 5) is 13.7. The van der Waals surface area contributed by atoms with Gasteiger partial charge in [0.15, 0.2) is 0 Å². The fourth-order valence-electron chi connectivity index (χ4n) is 2.06. The molecule has 3 heteroatoms. The van der Waals surface area contributed by atoms with Crippen LogP contribution in [0.15, 0.2) is 24.3 Å². The lowest BCUT2D eigenvalue weighted by Crippen LogP contribution is -2.38. The van der Waals surface area contributed by atoms with Gasteiger partial charge in [0.25, 0.3) is 0 Å². The molecule has 1 aromatic carbocycles. The summed E-state index contributed by atoms with van der Waals surface area (Å²) in [5.41, 5.74) is 2.09. The largest absolute Gasteiger partial charge is 0.361 e. The molecule has 0 saturated carbocycles. The molecule has 2 rings (SSSR count). The van der Waals surface area contributed by atoms with Crippen LogP contribution in [0.1, 0.15) is 26.2 Å². The predicted molar refractivity (Wildman–Crippen MR) is 66.8 cm³/mol. The average Bonchev–Trinajstić information content (AvgIpc) is 2.29. The minimum absolute atomic E-state index is 0.0928. The zero-order valence-corrected chi connectivity index (χ0v) is 9.70. The second kappa shape index (κ2) is 5.01. The van der Waals surface area contributed by atoms with E-state index >= 15 is 0 Å². The Kier molecular flexibility index (Phi) is 3.44. The first-order valence-electron chi connectivity index (χ1n) is 5.95. The van der Waals surface area contributed by atoms with Gasteiger partial charge in [-0.05, 0) is 18.6 Å². The van der Waals surface area contributed by atoms with Gasteiger partial charge in [0.05, 0.1) is 17.9 Å². The van der Waals surface area contributed by atoms with Crippen LogP contribution in [0.2, 0.25) is 0 Å². The van der Waals surface area contributed by atoms with Crippen LogP contribution in [0.5, 0.6) is 0 Å². The standard InChI is InChI=1S/C13H18N2O/c1-2-3-6-9-15-10-13(16)14-11-7-4-5-8-12(11)15/h4-5,7-8H,2-3,6,9-10H2,1H3,(H,14,16). The normalized spacial score (nSPS) is 14.6. The summed E-state index contributed by atoms with van der Waals surface area (Å²) >= 11 is 0. The van der Waals surface area contributed by atoms with Crippen LogP contribution in [-0.2, 0) is 4.79 Å². The number of fused-ring (bicyclic) bond motifs is 1. The first kappa shape index (κ1) is 11.0. The minimum atomic E-state index is 0.0928. The maximum Gasteiger partial charge on any atom is 0.243 e. The molecule has 1 N–H and O–H groups in total. The van der Waals surface area contributed by atoms with Gasteiger partial charge in [0.2, 0.25) is 5.91 Å². The Morgan fingerprint density at radius 2 is 2.12 bits per heavy atom. The third-order valence-electron chi connectivity index (χ3n) is 2.88. The first-order valence-corrected chi connectivity index (χ1v) is 5.95. The minimum Gasteiger partial charge on any atom is -0.361 e. The van der Waals surface area contributed by atoms with Crippen LogP contribution in [0.25, 0.3) is 0 Å². The number of nitrogens with one attached hydrogen (secondary N) is 1. The van der Waals surface area contributed by atoms with Crippen molar-refractivity contribution in [3.8, 4) is 0 Å². The summed E-state index contributed by atoms with van der Waals surface area (Å²) in [7, 11) is 0. The zero-order valence-electron chi connectivity index (χ0n) is 9.70. The van der Waals surface area contributed by atoms with Gasteiger partial charge in [-0.1, -0.05) is 31.9 Å². The van der Waals surface area contributed by atoms with Crippen molar-refractivity contribution >= 4 is 17.3 Å². The van der Waals surface area contributed by atoms with Gasteiger partial charge in [-0.3, -0.25) is 4.79 Å². The molecule has 0 aliphatic carbocycles. The molecule has 1 heterocycles. The van der Waals surface area contributed by atoms with E-state index in [1.807, 2.05) is 18.2 Å². The molecule has 86 valence electrons. The van der Waals surface area contributed by atoms with Crippen molar-refractivity contribution in [3.63, 3.8) is 0 Å². The van der Waals surface area contributed by atoms with E-state index in [-0.39, 0.29) is 5.91 Å². The molecule has 0 unspecified atom stereocenters. The van der Waals surface area contributed by atoms with Crippen LogP contribution in [0.4, 0.5) is 11.4 Å². The molecular formula is C13H18N2O. The van der Waals surface area contributed by atoms with Gasteiger partial charge in [-0.15, -0.1) is 0 Å². The van der Waals surface area contributed by atoms with E-state index in [9.17, 15) is 4.79 Å². The second-order valence-electron chi connectivity index (χ2n) is 4.19. The molecule has 0 spiro atoms. The van der Waals surface area contributed by atoms with E-state index in [2.05, 4.69) is 23.2 Å². The van der Waals surface area contributed by atoms with Gasteiger partial charge in [0.1, 0.15) is 0 Å². The van der Waals surface area contributed by atoms with E-state index in [4.69, 9.17) is 0 Å². The quantitative estimate of drug-likeness (QED) is 0.788. The Bertz CT molecular complexity index is 376. The maximum atomic E-state index is 11.5. The fraction of sp³-hybridized carbons (Fsp3) is 0.462. The summed E-state index contributed by atoms with van der Waals surface area (Å²) in [5, 5.41) is 2.90. The summed E-state index contributed by atoms with van der Waals surface area (Å²) in [6.07, 6.45) is 3.58. The van der Waals surface area contributed by atoms with Crippen molar-refractivity contribution in [2.75, 3.05) is 23.3 Å². The molecular weight excluding hydrogens is 200 g/mol. The molecule has 3 nitrogen and oxygen atoms in total. The monoisotopic (exact) mass is 218 g/mol. The maximum absolute atomic E-state index is 11.5. The van der Waals surface area contributed by atoms with Crippen LogP contribution >= 0.6 is 0 Å². The van der Waals surface area contributed by atoms with Gasteiger partial charge in [-0.2, -0.15) is 0 Å². The fourth-order valence-corrected chi connectivity index (χ4v) is 2.06. The van der Waals surface area contributed by atoms with Gasteiger partial charge >= 0.3 is 0 Å². The van der Waals surface area contributed by atoms with Gasteiger partial charge in [-0.25, -0.2) is 0 Å². The van der Waals surface area contributed by atoms with Gasteiger partial charge < -0.3 is 10.2 Å². The molecule has 1 amide bonds. The molecule has 16 heavy (non-hydrogen) atoms. The van der Waals surface area contributed by atoms with Crippen molar-refractivity contribution in [3.05, 3.63) is 24.3 Å². The van der Waals surface area contributed by atoms with Crippen molar-refractivity contribution in [2.24, 2.45) is 0 Å². The number of para-hydroxylation sites is 2. The summed E-state index contributed by atoms with van der Waals surface area (Å²) in [6, 6.07) is 8.00. The van der Waals surface area contributed by atoms with Gasteiger partial charge in [0, 0.05) is 6.54 Å². The van der Waals surface area contributed by atoms with Crippen LogP contribution in [0, 0.1) is 0 Å². The third-order valence-corrected chi connectivity index (χ3v) is 2.88. The van der Waals surface area contributed by atoms with E-state index in [0.717, 1.165) is 24.3 Å². The first-order chi connectivity index (χ1) is 7.81. The number of carbonyl (C=O) groups excluding carboxylic acids is 1. The smallest absolute Gasteiger partial charge is 0.243 e. The molecule has 0 radical (unpaired) electrons. The number of amides is 1. The van der Waals surface area contributed by atoms with Crippen LogP contribution in [-0.4, -0.2) is 19.0 Å². The highest BCUT2D eigenvalue weighted by Crippen LogP contribution is 2.28. The molecule has 0 atom stereocenters. The van der Waals surface area contributed by atoms with Crippen molar-refractivity contribution in [2.45, 2.75) is 26.2 Å². The molecule has 1 aromatic rings. The SMILES string of the molecule is CCCCCN1CC(=O)Nc2ccccc21. The topological polar surface area (TPSA) is 32.3 Å². The molecule has 0 fully saturated rings. The molecule has 0 aromatic heterocycles. The summed E-state index contributed by atoms with van der Waals surface area (Å²) in [5.74, 6) is 0.0928. The lowest BCUT2D eigenvalue weighted by atomic mass is 10.1. The highest BCUT2D eigenvalue weighted by atomic mass is 16.2. The number of anilines is 2. The number of hydrogen-bond donors (Lipinski definition) is 1. The Hall–Kier alpha value is -1.51. The number of unbranched alkanes of at least 4 members (excludes halogenated alkanes) is 2. The van der Waals surface area contributed by atoms with Crippen LogP contribution < -0.4 is 10.2 Å². The zero-order chi connectivity index (χ0) is 11.4. The van der Waals surface area contributed by atoms with E-state index in [0.29, 0.717) is 6.54 Å². The van der Waals surface area contributed by atoms with Crippen molar-refractivity contribution in [1.29, 1.82) is 0 Å². The van der Waals surface area contributed by atoms with Crippen molar-refractivity contribution < 1.29 is 4.79 Å². The Morgan fingerprint density at radius 1 is 1.31 bits per heavy atom. The number of nitrogens with zero attached hydrogens (tertiary/aromatic N) is 1. The highest BCUT2D eigenvalue weighted by Gasteiger charge is 2.20. The molecule has 1 aliphatic heterocycles. The summed E-state index contributed by atoms with van der Waals surface area (Å²) < 4.78 is 0. The summed E-state index contributed by atoms with van der Waals surface area (Å²) in [6.45, 7) is 3.65. The second-order valence-corrected chi connectivity index (χ2v) is 4.19.